The number of anilines is 2. The second-order valence-electron chi connectivity index (χ2n) is 5.27. The zero-order chi connectivity index (χ0) is 18.0. The van der Waals surface area contributed by atoms with E-state index in [1.54, 1.807) is 42.5 Å². The highest BCUT2D eigenvalue weighted by Crippen LogP contribution is 2.23. The Morgan fingerprint density at radius 2 is 1.92 bits per heavy atom. The molecule has 3 aromatic rings. The highest BCUT2D eigenvalue weighted by molar-refractivity contribution is 6.31. The van der Waals surface area contributed by atoms with E-state index in [9.17, 15) is 9.59 Å². The van der Waals surface area contributed by atoms with Crippen molar-refractivity contribution in [1.29, 1.82) is 0 Å². The Hall–Kier alpha value is -3.06. The van der Waals surface area contributed by atoms with Gasteiger partial charge in [0.25, 0.3) is 0 Å². The van der Waals surface area contributed by atoms with Gasteiger partial charge in [0.2, 0.25) is 5.95 Å². The van der Waals surface area contributed by atoms with Gasteiger partial charge in [-0.25, -0.2) is 19.1 Å². The maximum atomic E-state index is 12.8. The van der Waals surface area contributed by atoms with Crippen molar-refractivity contribution in [2.75, 3.05) is 17.7 Å². The molecule has 2 amide bonds. The number of nitrogens with one attached hydrogen (secondary N) is 2. The fourth-order valence-corrected chi connectivity index (χ4v) is 2.49. The van der Waals surface area contributed by atoms with Crippen LogP contribution < -0.4 is 10.6 Å². The topological polar surface area (TPSA) is 85.2 Å². The molecule has 1 heterocycles. The molecule has 0 unspecified atom stereocenters. The molecule has 0 fully saturated rings. The minimum absolute atomic E-state index is 0.0590. The number of ether oxygens (including phenoxy) is 1. The van der Waals surface area contributed by atoms with Gasteiger partial charge in [-0.05, 0) is 36.8 Å². The van der Waals surface area contributed by atoms with Gasteiger partial charge in [0.1, 0.15) is 0 Å². The van der Waals surface area contributed by atoms with Gasteiger partial charge < -0.3 is 10.1 Å². The Morgan fingerprint density at radius 1 is 1.16 bits per heavy atom. The second kappa shape index (κ2) is 6.82. The molecule has 8 heteroatoms. The number of para-hydroxylation sites is 2. The Morgan fingerprint density at radius 3 is 2.64 bits per heavy atom. The molecular weight excluding hydrogens is 344 g/mol. The van der Waals surface area contributed by atoms with Crippen molar-refractivity contribution in [1.82, 2.24) is 9.55 Å². The monoisotopic (exact) mass is 358 g/mol. The van der Waals surface area contributed by atoms with E-state index in [1.807, 2.05) is 6.92 Å². The summed E-state index contributed by atoms with van der Waals surface area (Å²) in [5.74, 6) is 0.0590. The fourth-order valence-electron chi connectivity index (χ4n) is 2.31. The summed E-state index contributed by atoms with van der Waals surface area (Å²) in [6.45, 7) is 1.87. The molecular formula is C17H15ClN4O3. The Balaban J connectivity index is 2.00. The van der Waals surface area contributed by atoms with Gasteiger partial charge in [-0.1, -0.05) is 29.8 Å². The second-order valence-corrected chi connectivity index (χ2v) is 5.68. The molecule has 0 bridgehead atoms. The number of imidazole rings is 1. The molecule has 0 saturated heterocycles. The molecule has 0 aliphatic rings. The number of benzene rings is 2. The van der Waals surface area contributed by atoms with Crippen molar-refractivity contribution in [2.24, 2.45) is 0 Å². The highest BCUT2D eigenvalue weighted by Gasteiger charge is 2.19. The van der Waals surface area contributed by atoms with Crippen LogP contribution in [0.2, 0.25) is 5.02 Å². The largest absolute Gasteiger partial charge is 0.453 e. The molecule has 0 saturated carbocycles. The van der Waals surface area contributed by atoms with Gasteiger partial charge in [0, 0.05) is 10.7 Å². The lowest BCUT2D eigenvalue weighted by Gasteiger charge is -2.10. The average molecular weight is 359 g/mol. The van der Waals surface area contributed by atoms with Crippen LogP contribution in [0.25, 0.3) is 11.0 Å². The fraction of sp³-hybridized carbons (Fsp3) is 0.118. The number of rotatable bonds is 2. The van der Waals surface area contributed by atoms with Crippen LogP contribution in [0.15, 0.2) is 42.5 Å². The first-order valence-electron chi connectivity index (χ1n) is 7.39. The normalized spacial score (nSPS) is 10.5. The molecule has 0 aliphatic heterocycles. The molecule has 128 valence electrons. The van der Waals surface area contributed by atoms with Crippen LogP contribution in [0.1, 0.15) is 5.56 Å². The highest BCUT2D eigenvalue weighted by atomic mass is 35.5. The summed E-state index contributed by atoms with van der Waals surface area (Å²) in [7, 11) is 1.23. The summed E-state index contributed by atoms with van der Waals surface area (Å²) >= 11 is 6.09. The molecule has 25 heavy (non-hydrogen) atoms. The maximum absolute atomic E-state index is 12.8. The molecule has 0 aliphatic carbocycles. The van der Waals surface area contributed by atoms with Crippen molar-refractivity contribution in [3.05, 3.63) is 53.1 Å². The van der Waals surface area contributed by atoms with Crippen LogP contribution in [0.5, 0.6) is 0 Å². The number of fused-ring (bicyclic) bond motifs is 1. The molecule has 7 nitrogen and oxygen atoms in total. The number of aromatic nitrogens is 2. The number of hydrogen-bond acceptors (Lipinski definition) is 4. The van der Waals surface area contributed by atoms with E-state index >= 15 is 0 Å². The molecule has 0 atom stereocenters. The smallest absolute Gasteiger partial charge is 0.413 e. The zero-order valence-corrected chi connectivity index (χ0v) is 14.3. The van der Waals surface area contributed by atoms with E-state index in [1.165, 1.54) is 11.7 Å². The zero-order valence-electron chi connectivity index (χ0n) is 13.5. The van der Waals surface area contributed by atoms with E-state index < -0.39 is 12.1 Å². The first kappa shape index (κ1) is 16.8. The minimum atomic E-state index is -0.720. The summed E-state index contributed by atoms with van der Waals surface area (Å²) in [6.07, 6.45) is -0.720. The lowest BCUT2D eigenvalue weighted by molar-refractivity contribution is 0.186. The third kappa shape index (κ3) is 3.41. The van der Waals surface area contributed by atoms with E-state index in [0.717, 1.165) is 5.56 Å². The number of aryl methyl sites for hydroxylation is 1. The lowest BCUT2D eigenvalue weighted by Crippen LogP contribution is -2.23. The quantitative estimate of drug-likeness (QED) is 0.716. The van der Waals surface area contributed by atoms with Crippen LogP contribution in [-0.4, -0.2) is 28.8 Å². The summed E-state index contributed by atoms with van der Waals surface area (Å²) < 4.78 is 5.84. The van der Waals surface area contributed by atoms with Gasteiger partial charge in [-0.3, -0.25) is 5.32 Å². The molecule has 2 N–H and O–H groups in total. The van der Waals surface area contributed by atoms with Crippen LogP contribution in [0, 0.1) is 6.92 Å². The minimum Gasteiger partial charge on any atom is -0.453 e. The van der Waals surface area contributed by atoms with Crippen LogP contribution in [-0.2, 0) is 4.74 Å². The summed E-state index contributed by atoms with van der Waals surface area (Å²) in [5.41, 5.74) is 2.54. The van der Waals surface area contributed by atoms with Gasteiger partial charge >= 0.3 is 12.1 Å². The van der Waals surface area contributed by atoms with Crippen molar-refractivity contribution >= 4 is 46.4 Å². The van der Waals surface area contributed by atoms with Crippen LogP contribution in [0.3, 0.4) is 0 Å². The Bertz CT molecular complexity index is 968. The molecule has 1 aromatic heterocycles. The first-order chi connectivity index (χ1) is 12.0. The number of carbonyl (C=O) groups is 2. The van der Waals surface area contributed by atoms with E-state index in [2.05, 4.69) is 20.4 Å². The van der Waals surface area contributed by atoms with E-state index in [0.29, 0.717) is 21.7 Å². The Kier molecular flexibility index (Phi) is 4.58. The van der Waals surface area contributed by atoms with Gasteiger partial charge in [0.15, 0.2) is 0 Å². The number of halogens is 1. The maximum Gasteiger partial charge on any atom is 0.413 e. The average Bonchev–Trinajstić information content (AvgIpc) is 2.95. The molecule has 2 aromatic carbocycles. The SMILES string of the molecule is COC(=O)Nc1nc2ccccc2n1C(=O)Nc1ccc(C)c(Cl)c1. The number of nitrogens with zero attached hydrogens (tertiary/aromatic N) is 2. The predicted octanol–water partition coefficient (Wildman–Crippen LogP) is 4.26. The van der Waals surface area contributed by atoms with E-state index in [-0.39, 0.29) is 5.95 Å². The van der Waals surface area contributed by atoms with Crippen LogP contribution >= 0.6 is 11.6 Å². The summed E-state index contributed by atoms with van der Waals surface area (Å²) in [4.78, 5) is 28.5. The predicted molar refractivity (Wildman–Crippen MR) is 96.4 cm³/mol. The molecule has 0 spiro atoms. The first-order valence-corrected chi connectivity index (χ1v) is 7.77. The number of hydrogen-bond donors (Lipinski definition) is 2. The summed E-state index contributed by atoms with van der Waals surface area (Å²) in [6, 6.07) is 11.7. The molecule has 3 rings (SSSR count). The number of amides is 2. The third-order valence-electron chi connectivity index (χ3n) is 3.59. The lowest BCUT2D eigenvalue weighted by atomic mass is 10.2. The third-order valence-corrected chi connectivity index (χ3v) is 3.99. The Labute approximate surface area is 148 Å². The number of carbonyl (C=O) groups excluding carboxylic acids is 2. The van der Waals surface area contributed by atoms with Crippen molar-refractivity contribution in [3.63, 3.8) is 0 Å². The van der Waals surface area contributed by atoms with Crippen LogP contribution in [0.4, 0.5) is 21.2 Å². The van der Waals surface area contributed by atoms with Crippen molar-refractivity contribution in [3.8, 4) is 0 Å². The van der Waals surface area contributed by atoms with Gasteiger partial charge in [0.05, 0.1) is 18.1 Å². The van der Waals surface area contributed by atoms with E-state index in [4.69, 9.17) is 11.6 Å². The number of methoxy groups -OCH3 is 1. The van der Waals surface area contributed by atoms with Gasteiger partial charge in [-0.15, -0.1) is 0 Å². The van der Waals surface area contributed by atoms with Gasteiger partial charge in [-0.2, -0.15) is 0 Å². The van der Waals surface area contributed by atoms with Crippen molar-refractivity contribution in [2.45, 2.75) is 6.92 Å². The van der Waals surface area contributed by atoms with Crippen molar-refractivity contribution < 1.29 is 14.3 Å². The standard InChI is InChI=1S/C17H15ClN4O3/c1-10-7-8-11(9-12(10)18)19-16(23)22-14-6-4-3-5-13(14)20-15(22)21-17(24)25-2/h3-9H,1-2H3,(H,19,23)(H,20,21,24). The summed E-state index contributed by atoms with van der Waals surface area (Å²) in [5, 5.41) is 5.73. The molecule has 0 radical (unpaired) electrons.